The van der Waals surface area contributed by atoms with Gasteiger partial charge in [-0.15, -0.1) is 0 Å². The molecule has 1 rings (SSSR count). The third-order valence-corrected chi connectivity index (χ3v) is 7.61. The molecule has 0 saturated carbocycles. The van der Waals surface area contributed by atoms with Crippen LogP contribution in [-0.2, 0) is 0 Å². The lowest BCUT2D eigenvalue weighted by Gasteiger charge is -2.20. The molecule has 0 saturated heterocycles. The van der Waals surface area contributed by atoms with Gasteiger partial charge in [-0.1, -0.05) is 98.6 Å². The van der Waals surface area contributed by atoms with E-state index in [-0.39, 0.29) is 7.92 Å². The van der Waals surface area contributed by atoms with Gasteiger partial charge in [-0.3, -0.25) is 4.98 Å². The third kappa shape index (κ3) is 10.8. The van der Waals surface area contributed by atoms with Crippen LogP contribution in [0.15, 0.2) is 31.0 Å². The highest BCUT2D eigenvalue weighted by atomic mass is 31.1. The van der Waals surface area contributed by atoms with Crippen LogP contribution in [-0.4, -0.2) is 17.3 Å². The van der Waals surface area contributed by atoms with Crippen LogP contribution < -0.4 is 0 Å². The van der Waals surface area contributed by atoms with E-state index in [4.69, 9.17) is 0 Å². The van der Waals surface area contributed by atoms with Crippen molar-refractivity contribution in [3.8, 4) is 0 Å². The van der Waals surface area contributed by atoms with Crippen LogP contribution in [0.25, 0.3) is 5.31 Å². The molecule has 0 unspecified atom stereocenters. The maximum atomic E-state index is 4.55. The molecule has 0 fully saturated rings. The normalized spacial score (nSPS) is 11.2. The minimum Gasteiger partial charge on any atom is -0.256 e. The van der Waals surface area contributed by atoms with Crippen molar-refractivity contribution in [3.05, 3.63) is 36.7 Å². The molecule has 0 amide bonds. The van der Waals surface area contributed by atoms with E-state index in [0.717, 1.165) is 5.69 Å². The number of pyridine rings is 1. The Morgan fingerprint density at radius 3 is 1.80 bits per heavy atom. The zero-order valence-electron chi connectivity index (χ0n) is 16.8. The molecule has 142 valence electrons. The molecule has 0 atom stereocenters. The van der Waals surface area contributed by atoms with E-state index in [1.54, 1.807) is 0 Å². The van der Waals surface area contributed by atoms with Crippen molar-refractivity contribution in [2.24, 2.45) is 0 Å². The fraction of sp³-hybridized carbons (Fsp3) is 0.696. The molecule has 2 heteroatoms. The molecule has 0 spiro atoms. The largest absolute Gasteiger partial charge is 0.256 e. The Kier molecular flexibility index (Phi) is 13.9. The fourth-order valence-electron chi connectivity index (χ4n) is 3.24. The third-order valence-electron chi connectivity index (χ3n) is 4.91. The number of rotatable bonds is 16. The van der Waals surface area contributed by atoms with Crippen LogP contribution in [0.4, 0.5) is 0 Å². The van der Waals surface area contributed by atoms with Gasteiger partial charge in [0.25, 0.3) is 0 Å². The number of nitrogens with zero attached hydrogens (tertiary/aromatic N) is 1. The molecule has 0 aromatic carbocycles. The van der Waals surface area contributed by atoms with Gasteiger partial charge in [-0.05, 0) is 42.6 Å². The summed E-state index contributed by atoms with van der Waals surface area (Å²) in [6.07, 6.45) is 21.2. The van der Waals surface area contributed by atoms with E-state index in [2.05, 4.69) is 37.5 Å². The average Bonchev–Trinajstić information content (AvgIpc) is 2.65. The lowest BCUT2D eigenvalue weighted by Crippen LogP contribution is -1.96. The van der Waals surface area contributed by atoms with E-state index in [9.17, 15) is 0 Å². The Labute approximate surface area is 158 Å². The Hall–Kier alpha value is -0.680. The highest BCUT2D eigenvalue weighted by Gasteiger charge is 2.14. The smallest absolute Gasteiger partial charge is 0.0700 e. The Bertz CT molecular complexity index is 413. The molecule has 0 N–H and O–H groups in total. The predicted octanol–water partition coefficient (Wildman–Crippen LogP) is 8.26. The maximum Gasteiger partial charge on any atom is 0.0700 e. The lowest BCUT2D eigenvalue weighted by molar-refractivity contribution is 0.622. The van der Waals surface area contributed by atoms with Gasteiger partial charge in [-0.25, -0.2) is 0 Å². The molecule has 1 heterocycles. The summed E-state index contributed by atoms with van der Waals surface area (Å²) in [5, 5.41) is 1.33. The zero-order valence-corrected chi connectivity index (χ0v) is 17.7. The molecule has 0 aliphatic heterocycles. The molecule has 1 nitrogen and oxygen atoms in total. The fourth-order valence-corrected chi connectivity index (χ4v) is 5.67. The molecule has 1 aromatic rings. The van der Waals surface area contributed by atoms with Crippen molar-refractivity contribution in [3.63, 3.8) is 0 Å². The summed E-state index contributed by atoms with van der Waals surface area (Å²) in [5.74, 6) is 0. The predicted molar refractivity (Wildman–Crippen MR) is 117 cm³/mol. The van der Waals surface area contributed by atoms with Gasteiger partial charge in [0.2, 0.25) is 0 Å². The second kappa shape index (κ2) is 15.6. The van der Waals surface area contributed by atoms with Crippen LogP contribution in [0.5, 0.6) is 0 Å². The van der Waals surface area contributed by atoms with Gasteiger partial charge < -0.3 is 0 Å². The van der Waals surface area contributed by atoms with Crippen molar-refractivity contribution in [2.45, 2.75) is 90.9 Å². The highest BCUT2D eigenvalue weighted by Crippen LogP contribution is 2.50. The van der Waals surface area contributed by atoms with Crippen LogP contribution in [0.3, 0.4) is 0 Å². The summed E-state index contributed by atoms with van der Waals surface area (Å²) in [5.41, 5.74) is 1.13. The summed E-state index contributed by atoms with van der Waals surface area (Å²) in [6.45, 7) is 9.02. The van der Waals surface area contributed by atoms with Gasteiger partial charge in [0.15, 0.2) is 0 Å². The van der Waals surface area contributed by atoms with Gasteiger partial charge in [0, 0.05) is 6.20 Å². The van der Waals surface area contributed by atoms with Gasteiger partial charge >= 0.3 is 0 Å². The van der Waals surface area contributed by atoms with Crippen LogP contribution in [0, 0.1) is 0 Å². The highest BCUT2D eigenvalue weighted by molar-refractivity contribution is 7.68. The number of hydrogen-bond acceptors (Lipinski definition) is 1. The van der Waals surface area contributed by atoms with Crippen molar-refractivity contribution in [2.75, 3.05) is 12.3 Å². The molecular formula is C23H40NP. The number of hydrogen-bond donors (Lipinski definition) is 0. The van der Waals surface area contributed by atoms with E-state index in [0.29, 0.717) is 0 Å². The minimum absolute atomic E-state index is 0.104. The Balaban J connectivity index is 2.39. The molecular weight excluding hydrogens is 321 g/mol. The van der Waals surface area contributed by atoms with Crippen molar-refractivity contribution in [1.82, 2.24) is 4.98 Å². The van der Waals surface area contributed by atoms with E-state index in [1.807, 2.05) is 12.3 Å². The molecule has 1 aromatic heterocycles. The second-order valence-electron chi connectivity index (χ2n) is 7.18. The topological polar surface area (TPSA) is 12.9 Å². The summed E-state index contributed by atoms with van der Waals surface area (Å²) in [4.78, 5) is 4.55. The summed E-state index contributed by atoms with van der Waals surface area (Å²) in [6, 6.07) is 6.23. The summed E-state index contributed by atoms with van der Waals surface area (Å²) in [7, 11) is -0.104. The first-order valence-electron chi connectivity index (χ1n) is 10.6. The molecule has 0 aliphatic carbocycles. The minimum atomic E-state index is -0.104. The molecule has 0 bridgehead atoms. The van der Waals surface area contributed by atoms with Crippen LogP contribution >= 0.6 is 7.92 Å². The number of aromatic nitrogens is 1. The lowest BCUT2D eigenvalue weighted by atomic mass is 10.1. The standard InChI is InChI=1S/C23H40NP/c1-4-6-8-10-12-16-20-25(21-17-13-11-9-7-5-2)22(3)23-18-14-15-19-24-23/h14-15,18-19H,3-13,16-17,20-21H2,1-2H3. The van der Waals surface area contributed by atoms with E-state index >= 15 is 0 Å². The van der Waals surface area contributed by atoms with Crippen molar-refractivity contribution >= 4 is 13.2 Å². The van der Waals surface area contributed by atoms with Crippen molar-refractivity contribution in [1.29, 1.82) is 0 Å². The second-order valence-corrected chi connectivity index (χ2v) is 9.70. The zero-order chi connectivity index (χ0) is 18.2. The van der Waals surface area contributed by atoms with Gasteiger partial charge in [0.1, 0.15) is 0 Å². The first kappa shape index (κ1) is 22.4. The summed E-state index contributed by atoms with van der Waals surface area (Å²) >= 11 is 0. The monoisotopic (exact) mass is 361 g/mol. The Morgan fingerprint density at radius 2 is 1.32 bits per heavy atom. The average molecular weight is 362 g/mol. The SMILES string of the molecule is C=C(c1ccccn1)P(CCCCCCCC)CCCCCCCC. The van der Waals surface area contributed by atoms with E-state index in [1.165, 1.54) is 94.7 Å². The van der Waals surface area contributed by atoms with Gasteiger partial charge in [-0.2, -0.15) is 0 Å². The molecule has 0 radical (unpaired) electrons. The maximum absolute atomic E-state index is 4.55. The van der Waals surface area contributed by atoms with E-state index < -0.39 is 0 Å². The molecule has 25 heavy (non-hydrogen) atoms. The van der Waals surface area contributed by atoms with Crippen LogP contribution in [0.2, 0.25) is 0 Å². The van der Waals surface area contributed by atoms with Crippen LogP contribution in [0.1, 0.15) is 96.6 Å². The van der Waals surface area contributed by atoms with Gasteiger partial charge in [0.05, 0.1) is 5.69 Å². The first-order valence-corrected chi connectivity index (χ1v) is 12.4. The number of unbranched alkanes of at least 4 members (excludes halogenated alkanes) is 10. The summed E-state index contributed by atoms with van der Waals surface area (Å²) < 4.78 is 0. The molecule has 0 aliphatic rings. The first-order chi connectivity index (χ1) is 12.3. The Morgan fingerprint density at radius 1 is 0.800 bits per heavy atom. The quantitative estimate of drug-likeness (QED) is 0.213. The van der Waals surface area contributed by atoms with Crippen molar-refractivity contribution < 1.29 is 0 Å².